The Morgan fingerprint density at radius 1 is 1.14 bits per heavy atom. The number of pyridine rings is 1. The van der Waals surface area contributed by atoms with Gasteiger partial charge in [-0.2, -0.15) is 0 Å². The normalized spacial score (nSPS) is 21.5. The minimum atomic E-state index is -0.279. The van der Waals surface area contributed by atoms with E-state index in [-0.39, 0.29) is 18.0 Å². The summed E-state index contributed by atoms with van der Waals surface area (Å²) >= 11 is 0. The molecule has 0 spiro atoms. The number of rotatable bonds is 7. The summed E-state index contributed by atoms with van der Waals surface area (Å²) in [6.45, 7) is 6.48. The van der Waals surface area contributed by atoms with Crippen molar-refractivity contribution < 1.29 is 18.7 Å². The first-order chi connectivity index (χ1) is 17.6. The fraction of sp³-hybridized carbons (Fsp3) is 0.440. The quantitative estimate of drug-likeness (QED) is 0.510. The average molecular weight is 492 g/mol. The lowest BCUT2D eigenvalue weighted by atomic mass is 10.0. The minimum Gasteiger partial charge on any atom is -0.493 e. The lowest BCUT2D eigenvalue weighted by molar-refractivity contribution is 0.0991. The molecule has 2 fully saturated rings. The third-order valence-electron chi connectivity index (χ3n) is 7.34. The molecule has 3 aromatic rings. The third kappa shape index (κ3) is 3.79. The number of nitrogens with one attached hydrogen (secondary N) is 2. The highest BCUT2D eigenvalue weighted by Crippen LogP contribution is 2.38. The van der Waals surface area contributed by atoms with Gasteiger partial charge in [-0.3, -0.25) is 14.7 Å². The number of hydrogen-bond acceptors (Lipinski definition) is 10. The molecule has 1 amide bonds. The molecule has 0 bridgehead atoms. The molecule has 2 saturated heterocycles. The molecule has 3 aliphatic heterocycles. The van der Waals surface area contributed by atoms with Gasteiger partial charge in [0.25, 0.3) is 5.91 Å². The number of hydrogen-bond donors (Lipinski definition) is 2. The molecule has 2 N–H and O–H groups in total. The first kappa shape index (κ1) is 22.6. The van der Waals surface area contributed by atoms with Crippen LogP contribution in [-0.4, -0.2) is 61.5 Å². The molecule has 0 aliphatic carbocycles. The number of benzene rings is 1. The predicted octanol–water partition coefficient (Wildman–Crippen LogP) is 2.47. The minimum absolute atomic E-state index is 0.157. The van der Waals surface area contributed by atoms with Gasteiger partial charge in [-0.05, 0) is 42.5 Å². The van der Waals surface area contributed by atoms with Crippen molar-refractivity contribution in [1.82, 2.24) is 20.5 Å². The Morgan fingerprint density at radius 2 is 1.89 bits per heavy atom. The Morgan fingerprint density at radius 3 is 2.64 bits per heavy atom. The molecule has 3 atom stereocenters. The molecule has 1 aromatic carbocycles. The SMILES string of the molecule is COc1cc2c(cc1OC)C(=O)N(c1nnc(C(C)Nc3cnccc3N3CC4CNCC4C3)o1)C2. The molecule has 3 aliphatic rings. The summed E-state index contributed by atoms with van der Waals surface area (Å²) in [5.74, 6) is 2.61. The fourth-order valence-corrected chi connectivity index (χ4v) is 5.42. The number of anilines is 3. The molecule has 188 valence electrons. The smallest absolute Gasteiger partial charge is 0.325 e. The van der Waals surface area contributed by atoms with Gasteiger partial charge < -0.3 is 29.4 Å². The summed E-state index contributed by atoms with van der Waals surface area (Å²) in [5, 5.41) is 15.4. The second-order valence-corrected chi connectivity index (χ2v) is 9.52. The number of ether oxygens (including phenoxy) is 2. The summed E-state index contributed by atoms with van der Waals surface area (Å²) in [7, 11) is 3.11. The second kappa shape index (κ2) is 8.98. The molecule has 11 heteroatoms. The molecule has 3 unspecified atom stereocenters. The van der Waals surface area contributed by atoms with Crippen molar-refractivity contribution in [2.75, 3.05) is 55.5 Å². The average Bonchev–Trinajstić information content (AvgIpc) is 3.67. The van der Waals surface area contributed by atoms with E-state index in [1.54, 1.807) is 26.4 Å². The molecule has 0 saturated carbocycles. The Balaban J connectivity index is 1.18. The summed E-state index contributed by atoms with van der Waals surface area (Å²) in [4.78, 5) is 21.3. The zero-order valence-electron chi connectivity index (χ0n) is 20.5. The molecular formula is C25H29N7O4. The van der Waals surface area contributed by atoms with E-state index in [0.717, 1.165) is 43.1 Å². The summed E-state index contributed by atoms with van der Waals surface area (Å²) < 4.78 is 16.7. The molecule has 11 nitrogen and oxygen atoms in total. The number of carbonyl (C=O) groups is 1. The van der Waals surface area contributed by atoms with Gasteiger partial charge in [0.1, 0.15) is 6.04 Å². The Hall–Kier alpha value is -3.86. The van der Waals surface area contributed by atoms with Crippen LogP contribution in [0.4, 0.5) is 17.4 Å². The molecular weight excluding hydrogens is 462 g/mol. The van der Waals surface area contributed by atoms with E-state index in [4.69, 9.17) is 13.9 Å². The fourth-order valence-electron chi connectivity index (χ4n) is 5.42. The van der Waals surface area contributed by atoms with Gasteiger partial charge in [0.2, 0.25) is 5.89 Å². The highest BCUT2D eigenvalue weighted by molar-refractivity contribution is 6.09. The summed E-state index contributed by atoms with van der Waals surface area (Å²) in [5.41, 5.74) is 3.39. The van der Waals surface area contributed by atoms with Crippen LogP contribution in [0.1, 0.15) is 34.8 Å². The van der Waals surface area contributed by atoms with E-state index >= 15 is 0 Å². The highest BCUT2D eigenvalue weighted by Gasteiger charge is 2.37. The van der Waals surface area contributed by atoms with Crippen LogP contribution in [0, 0.1) is 11.8 Å². The van der Waals surface area contributed by atoms with Crippen LogP contribution in [-0.2, 0) is 6.54 Å². The van der Waals surface area contributed by atoms with Crippen LogP contribution in [0.2, 0.25) is 0 Å². The van der Waals surface area contributed by atoms with Gasteiger partial charge in [-0.15, -0.1) is 5.10 Å². The van der Waals surface area contributed by atoms with Crippen LogP contribution in [0.5, 0.6) is 11.5 Å². The van der Waals surface area contributed by atoms with Crippen molar-refractivity contribution in [3.8, 4) is 11.5 Å². The van der Waals surface area contributed by atoms with Gasteiger partial charge in [0, 0.05) is 37.9 Å². The maximum atomic E-state index is 13.1. The van der Waals surface area contributed by atoms with Gasteiger partial charge in [0.15, 0.2) is 11.5 Å². The monoisotopic (exact) mass is 491 g/mol. The summed E-state index contributed by atoms with van der Waals surface area (Å²) in [6, 6.07) is 5.41. The maximum Gasteiger partial charge on any atom is 0.325 e. The number of fused-ring (bicyclic) bond motifs is 2. The molecule has 0 radical (unpaired) electrons. The van der Waals surface area contributed by atoms with E-state index < -0.39 is 0 Å². The van der Waals surface area contributed by atoms with E-state index in [2.05, 4.69) is 30.7 Å². The topological polar surface area (TPSA) is 118 Å². The third-order valence-corrected chi connectivity index (χ3v) is 7.34. The van der Waals surface area contributed by atoms with Crippen molar-refractivity contribution in [3.05, 3.63) is 47.6 Å². The lowest BCUT2D eigenvalue weighted by Crippen LogP contribution is -2.26. The van der Waals surface area contributed by atoms with Crippen LogP contribution in [0.25, 0.3) is 0 Å². The van der Waals surface area contributed by atoms with Crippen molar-refractivity contribution in [3.63, 3.8) is 0 Å². The predicted molar refractivity (Wildman–Crippen MR) is 133 cm³/mol. The first-order valence-electron chi connectivity index (χ1n) is 12.1. The lowest BCUT2D eigenvalue weighted by Gasteiger charge is -2.24. The Kier molecular flexibility index (Phi) is 5.63. The standard InChI is InChI=1S/C25H29N7O4/c1-14(28-19-10-26-5-4-20(19)31-11-16-8-27-9-17(16)12-31)23-29-30-25(36-23)32-13-15-6-21(34-2)22(35-3)7-18(15)24(32)33/h4-7,10,14,16-17,27-28H,8-9,11-13H2,1-3H3. The molecule has 5 heterocycles. The van der Waals surface area contributed by atoms with E-state index in [1.165, 1.54) is 4.90 Å². The largest absolute Gasteiger partial charge is 0.493 e. The van der Waals surface area contributed by atoms with Gasteiger partial charge >= 0.3 is 6.01 Å². The van der Waals surface area contributed by atoms with Crippen LogP contribution >= 0.6 is 0 Å². The zero-order chi connectivity index (χ0) is 24.8. The van der Waals surface area contributed by atoms with Crippen molar-refractivity contribution in [2.45, 2.75) is 19.5 Å². The van der Waals surface area contributed by atoms with Crippen molar-refractivity contribution in [2.24, 2.45) is 11.8 Å². The van der Waals surface area contributed by atoms with E-state index in [0.29, 0.717) is 41.3 Å². The first-order valence-corrected chi connectivity index (χ1v) is 12.1. The molecule has 36 heavy (non-hydrogen) atoms. The number of carbonyl (C=O) groups excluding carboxylic acids is 1. The van der Waals surface area contributed by atoms with E-state index in [1.807, 2.05) is 25.4 Å². The summed E-state index contributed by atoms with van der Waals surface area (Å²) in [6.07, 6.45) is 3.65. The van der Waals surface area contributed by atoms with Gasteiger partial charge in [-0.1, -0.05) is 5.10 Å². The van der Waals surface area contributed by atoms with E-state index in [9.17, 15) is 4.79 Å². The molecule has 6 rings (SSSR count). The number of nitrogens with zero attached hydrogens (tertiary/aromatic N) is 5. The Bertz CT molecular complexity index is 1280. The zero-order valence-corrected chi connectivity index (χ0v) is 20.5. The Labute approximate surface area is 208 Å². The van der Waals surface area contributed by atoms with Crippen LogP contribution in [0.3, 0.4) is 0 Å². The number of amides is 1. The van der Waals surface area contributed by atoms with Crippen molar-refractivity contribution in [1.29, 1.82) is 0 Å². The van der Waals surface area contributed by atoms with Crippen LogP contribution in [0.15, 0.2) is 35.0 Å². The highest BCUT2D eigenvalue weighted by atomic mass is 16.5. The second-order valence-electron chi connectivity index (χ2n) is 9.52. The van der Waals surface area contributed by atoms with Gasteiger partial charge in [0.05, 0.1) is 38.3 Å². The van der Waals surface area contributed by atoms with Crippen molar-refractivity contribution >= 4 is 23.3 Å². The van der Waals surface area contributed by atoms with Gasteiger partial charge in [-0.25, -0.2) is 0 Å². The maximum absolute atomic E-state index is 13.1. The molecule has 2 aromatic heterocycles. The number of aromatic nitrogens is 3. The number of methoxy groups -OCH3 is 2. The van der Waals surface area contributed by atoms with Crippen LogP contribution < -0.4 is 29.9 Å².